The Kier molecular flexibility index (Phi) is 4.69. The first-order chi connectivity index (χ1) is 12.7. The van der Waals surface area contributed by atoms with E-state index in [-0.39, 0.29) is 0 Å². The Balaban J connectivity index is 1.48. The van der Waals surface area contributed by atoms with Crippen LogP contribution in [0.2, 0.25) is 0 Å². The number of methoxy groups -OCH3 is 1. The van der Waals surface area contributed by atoms with Crippen molar-refractivity contribution in [3.63, 3.8) is 0 Å². The molecule has 0 aliphatic carbocycles. The minimum atomic E-state index is -0.692. The van der Waals surface area contributed by atoms with E-state index in [0.717, 1.165) is 48.9 Å². The molecule has 1 N–H and O–H groups in total. The molecular weight excluding hydrogens is 328 g/mol. The molecule has 0 spiro atoms. The van der Waals surface area contributed by atoms with E-state index >= 15 is 0 Å². The number of fused-ring (bicyclic) bond motifs is 1. The molecule has 0 radical (unpaired) electrons. The fourth-order valence-electron chi connectivity index (χ4n) is 3.32. The van der Waals surface area contributed by atoms with E-state index in [1.54, 1.807) is 13.3 Å². The van der Waals surface area contributed by atoms with Crippen molar-refractivity contribution in [2.24, 2.45) is 0 Å². The topological polar surface area (TPSA) is 63.4 Å². The van der Waals surface area contributed by atoms with Gasteiger partial charge in [-0.05, 0) is 17.7 Å². The summed E-state index contributed by atoms with van der Waals surface area (Å²) in [4.78, 5) is 6.76. The second kappa shape index (κ2) is 7.27. The molecule has 0 unspecified atom stereocenters. The summed E-state index contributed by atoms with van der Waals surface area (Å²) < 4.78 is 7.27. The van der Waals surface area contributed by atoms with Gasteiger partial charge < -0.3 is 9.84 Å². The molecule has 134 valence electrons. The van der Waals surface area contributed by atoms with E-state index in [1.807, 2.05) is 53.2 Å². The molecule has 3 aromatic rings. The summed E-state index contributed by atoms with van der Waals surface area (Å²) >= 11 is 0. The molecule has 6 nitrogen and oxygen atoms in total. The van der Waals surface area contributed by atoms with Crippen LogP contribution in [0, 0.1) is 0 Å². The highest BCUT2D eigenvalue weighted by molar-refractivity contribution is 5.27. The van der Waals surface area contributed by atoms with Crippen LogP contribution < -0.4 is 4.74 Å². The van der Waals surface area contributed by atoms with E-state index < -0.39 is 6.10 Å². The molecule has 0 saturated heterocycles. The fraction of sp³-hybridized carbons (Fsp3) is 0.300. The average molecular weight is 350 g/mol. The molecule has 1 aliphatic rings. The molecule has 1 aliphatic heterocycles. The van der Waals surface area contributed by atoms with Crippen LogP contribution in [0.4, 0.5) is 0 Å². The maximum atomic E-state index is 10.6. The summed E-state index contributed by atoms with van der Waals surface area (Å²) in [7, 11) is 1.66. The summed E-state index contributed by atoms with van der Waals surface area (Å²) in [6.45, 7) is 3.25. The zero-order chi connectivity index (χ0) is 17.9. The number of benzene rings is 1. The summed E-state index contributed by atoms with van der Waals surface area (Å²) in [5.74, 6) is 0.824. The molecule has 0 amide bonds. The molecule has 4 rings (SSSR count). The van der Waals surface area contributed by atoms with Crippen molar-refractivity contribution in [2.75, 3.05) is 13.7 Å². The van der Waals surface area contributed by atoms with Gasteiger partial charge in [0.1, 0.15) is 11.9 Å². The Bertz CT molecular complexity index is 879. The van der Waals surface area contributed by atoms with Crippen LogP contribution in [0.5, 0.6) is 5.75 Å². The zero-order valence-corrected chi connectivity index (χ0v) is 14.7. The van der Waals surface area contributed by atoms with E-state index in [4.69, 9.17) is 4.74 Å². The number of ether oxygens (including phenoxy) is 1. The van der Waals surface area contributed by atoms with Gasteiger partial charge in [-0.15, -0.1) is 0 Å². The molecule has 0 fully saturated rings. The number of aromatic nitrogens is 3. The molecule has 0 bridgehead atoms. The predicted molar refractivity (Wildman–Crippen MR) is 97.6 cm³/mol. The van der Waals surface area contributed by atoms with E-state index in [1.165, 1.54) is 0 Å². The van der Waals surface area contributed by atoms with E-state index in [9.17, 15) is 5.11 Å². The molecule has 1 atom stereocenters. The first-order valence-electron chi connectivity index (χ1n) is 8.74. The van der Waals surface area contributed by atoms with Crippen LogP contribution in [0.1, 0.15) is 28.7 Å². The van der Waals surface area contributed by atoms with Gasteiger partial charge in [-0.3, -0.25) is 14.6 Å². The third-order valence-corrected chi connectivity index (χ3v) is 4.70. The Morgan fingerprint density at radius 2 is 2.00 bits per heavy atom. The van der Waals surface area contributed by atoms with Gasteiger partial charge in [-0.2, -0.15) is 5.10 Å². The molecule has 1 aromatic carbocycles. The molecule has 3 heterocycles. The van der Waals surface area contributed by atoms with E-state index in [2.05, 4.69) is 15.0 Å². The Hall–Kier alpha value is -2.70. The highest BCUT2D eigenvalue weighted by Crippen LogP contribution is 2.24. The third kappa shape index (κ3) is 3.47. The van der Waals surface area contributed by atoms with Crippen LogP contribution >= 0.6 is 0 Å². The summed E-state index contributed by atoms with van der Waals surface area (Å²) in [6, 6.07) is 15.5. The van der Waals surface area contributed by atoms with Gasteiger partial charge in [-0.1, -0.05) is 30.3 Å². The average Bonchev–Trinajstić information content (AvgIpc) is 3.11. The standard InChI is InChI=1S/C20H22N4O2/c1-26-18-7-8-21-16(11-18)13-23-9-10-24-17(14-23)12-19(22-24)20(25)15-5-3-2-4-6-15/h2-8,11-12,20,25H,9-10,13-14H2,1H3/t20-/m1/s1. The van der Waals surface area contributed by atoms with Gasteiger partial charge in [0.25, 0.3) is 0 Å². The third-order valence-electron chi connectivity index (χ3n) is 4.70. The van der Waals surface area contributed by atoms with Gasteiger partial charge in [0, 0.05) is 31.9 Å². The number of aliphatic hydroxyl groups is 1. The smallest absolute Gasteiger partial charge is 0.123 e. The van der Waals surface area contributed by atoms with Gasteiger partial charge in [0.05, 0.1) is 30.7 Å². The quantitative estimate of drug-likeness (QED) is 0.765. The van der Waals surface area contributed by atoms with Crippen LogP contribution in [0.25, 0.3) is 0 Å². The minimum absolute atomic E-state index is 0.692. The largest absolute Gasteiger partial charge is 0.497 e. The van der Waals surface area contributed by atoms with Crippen molar-refractivity contribution in [1.29, 1.82) is 0 Å². The normalized spacial score (nSPS) is 15.5. The zero-order valence-electron chi connectivity index (χ0n) is 14.7. The summed E-state index contributed by atoms with van der Waals surface area (Å²) in [5.41, 5.74) is 3.67. The summed E-state index contributed by atoms with van der Waals surface area (Å²) in [5, 5.41) is 15.2. The monoisotopic (exact) mass is 350 g/mol. The van der Waals surface area contributed by atoms with Crippen molar-refractivity contribution < 1.29 is 9.84 Å². The lowest BCUT2D eigenvalue weighted by atomic mass is 10.1. The Morgan fingerprint density at radius 3 is 2.81 bits per heavy atom. The number of pyridine rings is 1. The highest BCUT2D eigenvalue weighted by Gasteiger charge is 2.22. The predicted octanol–water partition coefficient (Wildman–Crippen LogP) is 2.38. The van der Waals surface area contributed by atoms with Gasteiger partial charge in [0.2, 0.25) is 0 Å². The van der Waals surface area contributed by atoms with Crippen molar-refractivity contribution in [3.05, 3.63) is 77.4 Å². The molecule has 0 saturated carbocycles. The van der Waals surface area contributed by atoms with E-state index in [0.29, 0.717) is 5.69 Å². The number of nitrogens with zero attached hydrogens (tertiary/aromatic N) is 4. The second-order valence-electron chi connectivity index (χ2n) is 6.49. The number of hydrogen-bond acceptors (Lipinski definition) is 5. The maximum absolute atomic E-state index is 10.6. The maximum Gasteiger partial charge on any atom is 0.123 e. The second-order valence-corrected chi connectivity index (χ2v) is 6.49. The lowest BCUT2D eigenvalue weighted by Gasteiger charge is -2.27. The number of aliphatic hydroxyl groups excluding tert-OH is 1. The first-order valence-corrected chi connectivity index (χ1v) is 8.74. The van der Waals surface area contributed by atoms with Crippen LogP contribution in [0.3, 0.4) is 0 Å². The molecule has 6 heteroatoms. The summed E-state index contributed by atoms with van der Waals surface area (Å²) in [6.07, 6.45) is 1.08. The lowest BCUT2D eigenvalue weighted by molar-refractivity contribution is 0.198. The van der Waals surface area contributed by atoms with Crippen molar-refractivity contribution in [2.45, 2.75) is 25.7 Å². The van der Waals surface area contributed by atoms with Crippen molar-refractivity contribution in [1.82, 2.24) is 19.7 Å². The minimum Gasteiger partial charge on any atom is -0.497 e. The molecule has 26 heavy (non-hydrogen) atoms. The molecular formula is C20H22N4O2. The van der Waals surface area contributed by atoms with Gasteiger partial charge in [0.15, 0.2) is 0 Å². The highest BCUT2D eigenvalue weighted by atomic mass is 16.5. The molecule has 2 aromatic heterocycles. The van der Waals surface area contributed by atoms with Crippen molar-refractivity contribution >= 4 is 0 Å². The van der Waals surface area contributed by atoms with Crippen LogP contribution in [-0.2, 0) is 19.6 Å². The van der Waals surface area contributed by atoms with Crippen LogP contribution in [0.15, 0.2) is 54.7 Å². The SMILES string of the molecule is COc1ccnc(CN2CCn3nc([C@H](O)c4ccccc4)cc3C2)c1. The van der Waals surface area contributed by atoms with Gasteiger partial charge in [-0.25, -0.2) is 0 Å². The Labute approximate surface area is 152 Å². The van der Waals surface area contributed by atoms with Crippen LogP contribution in [-0.4, -0.2) is 38.4 Å². The lowest BCUT2D eigenvalue weighted by Crippen LogP contribution is -2.33. The van der Waals surface area contributed by atoms with Gasteiger partial charge >= 0.3 is 0 Å². The number of rotatable bonds is 5. The van der Waals surface area contributed by atoms with Crippen molar-refractivity contribution in [3.8, 4) is 5.75 Å². The first kappa shape index (κ1) is 16.8. The fourth-order valence-corrected chi connectivity index (χ4v) is 3.32. The number of hydrogen-bond donors (Lipinski definition) is 1. The Morgan fingerprint density at radius 1 is 1.15 bits per heavy atom.